The molecule has 2 amide bonds. The van der Waals surface area contributed by atoms with Crippen LogP contribution in [0.5, 0.6) is 5.75 Å². The number of carbonyl (C=O) groups is 1. The molecule has 2 aromatic rings. The Balaban J connectivity index is 1.68. The van der Waals surface area contributed by atoms with Gasteiger partial charge in [-0.25, -0.2) is 4.79 Å². The molecule has 2 rings (SSSR count). The summed E-state index contributed by atoms with van der Waals surface area (Å²) in [5, 5.41) is 5.73. The molecule has 2 N–H and O–H groups in total. The Morgan fingerprint density at radius 3 is 2.52 bits per heavy atom. The molecular weight excluding hydrogens is 288 g/mol. The number of hydrogen-bond acceptors (Lipinski definition) is 2. The van der Waals surface area contributed by atoms with Crippen LogP contribution in [0.15, 0.2) is 48.5 Å². The number of carbonyl (C=O) groups excluding carboxylic acids is 1. The van der Waals surface area contributed by atoms with E-state index in [4.69, 9.17) is 4.74 Å². The minimum Gasteiger partial charge on any atom is -0.494 e. The van der Waals surface area contributed by atoms with Gasteiger partial charge in [-0.2, -0.15) is 0 Å². The molecule has 0 heterocycles. The van der Waals surface area contributed by atoms with Crippen LogP contribution in [-0.2, 0) is 13.0 Å². The van der Waals surface area contributed by atoms with Gasteiger partial charge in [0.1, 0.15) is 5.75 Å². The van der Waals surface area contributed by atoms with Gasteiger partial charge >= 0.3 is 6.03 Å². The second-order valence-corrected chi connectivity index (χ2v) is 5.43. The van der Waals surface area contributed by atoms with E-state index in [0.29, 0.717) is 19.7 Å². The fourth-order valence-electron chi connectivity index (χ4n) is 2.30. The van der Waals surface area contributed by atoms with Gasteiger partial charge in [0.05, 0.1) is 6.61 Å². The third-order valence-electron chi connectivity index (χ3n) is 3.47. The highest BCUT2D eigenvalue weighted by atomic mass is 16.5. The van der Waals surface area contributed by atoms with Crippen molar-refractivity contribution in [3.05, 3.63) is 65.2 Å². The summed E-state index contributed by atoms with van der Waals surface area (Å²) < 4.78 is 5.39. The van der Waals surface area contributed by atoms with E-state index in [-0.39, 0.29) is 6.03 Å². The van der Waals surface area contributed by atoms with Crippen LogP contribution in [0.2, 0.25) is 0 Å². The summed E-state index contributed by atoms with van der Waals surface area (Å²) in [5.41, 5.74) is 3.52. The lowest BCUT2D eigenvalue weighted by molar-refractivity contribution is 0.240. The molecule has 0 aliphatic heterocycles. The molecule has 4 nitrogen and oxygen atoms in total. The molecule has 0 fully saturated rings. The molecule has 23 heavy (non-hydrogen) atoms. The topological polar surface area (TPSA) is 50.4 Å². The molecule has 0 aliphatic rings. The van der Waals surface area contributed by atoms with Gasteiger partial charge < -0.3 is 15.4 Å². The fourth-order valence-corrected chi connectivity index (χ4v) is 2.30. The van der Waals surface area contributed by atoms with Crippen molar-refractivity contribution in [1.29, 1.82) is 0 Å². The monoisotopic (exact) mass is 312 g/mol. The summed E-state index contributed by atoms with van der Waals surface area (Å²) in [6, 6.07) is 15.9. The first-order valence-electron chi connectivity index (χ1n) is 7.96. The molecule has 0 unspecified atom stereocenters. The first-order chi connectivity index (χ1) is 11.2. The average molecular weight is 312 g/mol. The number of nitrogens with one attached hydrogen (secondary N) is 2. The molecule has 2 aromatic carbocycles. The SMILES string of the molecule is CCOc1ccc(CNC(=O)NCCc2cccc(C)c2)cc1. The number of benzene rings is 2. The zero-order chi connectivity index (χ0) is 16.5. The zero-order valence-corrected chi connectivity index (χ0v) is 13.8. The Labute approximate surface area is 137 Å². The molecule has 4 heteroatoms. The van der Waals surface area contributed by atoms with Gasteiger partial charge in [-0.1, -0.05) is 42.0 Å². The smallest absolute Gasteiger partial charge is 0.315 e. The lowest BCUT2D eigenvalue weighted by Gasteiger charge is -2.09. The molecule has 0 spiro atoms. The quantitative estimate of drug-likeness (QED) is 0.823. The fraction of sp³-hybridized carbons (Fsp3) is 0.316. The first-order valence-corrected chi connectivity index (χ1v) is 7.96. The first kappa shape index (κ1) is 16.9. The van der Waals surface area contributed by atoms with Gasteiger partial charge in [-0.15, -0.1) is 0 Å². The second-order valence-electron chi connectivity index (χ2n) is 5.43. The van der Waals surface area contributed by atoms with E-state index in [1.54, 1.807) is 0 Å². The molecule has 122 valence electrons. The van der Waals surface area contributed by atoms with Gasteiger partial charge in [-0.3, -0.25) is 0 Å². The summed E-state index contributed by atoms with van der Waals surface area (Å²) in [7, 11) is 0. The Kier molecular flexibility index (Phi) is 6.48. The van der Waals surface area contributed by atoms with Crippen LogP contribution in [0, 0.1) is 6.92 Å². The van der Waals surface area contributed by atoms with Gasteiger partial charge in [0.25, 0.3) is 0 Å². The van der Waals surface area contributed by atoms with E-state index in [0.717, 1.165) is 17.7 Å². The maximum atomic E-state index is 11.8. The van der Waals surface area contributed by atoms with Crippen LogP contribution in [0.1, 0.15) is 23.6 Å². The lowest BCUT2D eigenvalue weighted by Crippen LogP contribution is -2.36. The van der Waals surface area contributed by atoms with Gasteiger partial charge in [0.2, 0.25) is 0 Å². The van der Waals surface area contributed by atoms with Gasteiger partial charge in [0.15, 0.2) is 0 Å². The van der Waals surface area contributed by atoms with Crippen molar-refractivity contribution in [3.63, 3.8) is 0 Å². The molecule has 0 bridgehead atoms. The Hall–Kier alpha value is -2.49. The van der Waals surface area contributed by atoms with Crippen molar-refractivity contribution < 1.29 is 9.53 Å². The summed E-state index contributed by atoms with van der Waals surface area (Å²) >= 11 is 0. The lowest BCUT2D eigenvalue weighted by atomic mass is 10.1. The highest BCUT2D eigenvalue weighted by Gasteiger charge is 2.01. The van der Waals surface area contributed by atoms with Crippen molar-refractivity contribution >= 4 is 6.03 Å². The third kappa shape index (κ3) is 6.02. The number of urea groups is 1. The van der Waals surface area contributed by atoms with Crippen molar-refractivity contribution in [3.8, 4) is 5.75 Å². The number of aryl methyl sites for hydroxylation is 1. The Bertz CT molecular complexity index is 624. The third-order valence-corrected chi connectivity index (χ3v) is 3.47. The van der Waals surface area contributed by atoms with E-state index < -0.39 is 0 Å². The molecule has 0 saturated heterocycles. The maximum absolute atomic E-state index is 11.8. The van der Waals surface area contributed by atoms with E-state index in [9.17, 15) is 4.79 Å². The van der Waals surface area contributed by atoms with Crippen LogP contribution in [-0.4, -0.2) is 19.2 Å². The maximum Gasteiger partial charge on any atom is 0.315 e. The average Bonchev–Trinajstić information content (AvgIpc) is 2.55. The molecule has 0 radical (unpaired) electrons. The molecule has 0 aromatic heterocycles. The van der Waals surface area contributed by atoms with Crippen LogP contribution >= 0.6 is 0 Å². The van der Waals surface area contributed by atoms with E-state index in [1.807, 2.05) is 37.3 Å². The van der Waals surface area contributed by atoms with E-state index >= 15 is 0 Å². The highest BCUT2D eigenvalue weighted by molar-refractivity contribution is 5.73. The molecule has 0 atom stereocenters. The van der Waals surface area contributed by atoms with Crippen LogP contribution in [0.25, 0.3) is 0 Å². The number of amides is 2. The van der Waals surface area contributed by atoms with Crippen molar-refractivity contribution in [2.75, 3.05) is 13.2 Å². The van der Waals surface area contributed by atoms with Gasteiger partial charge in [-0.05, 0) is 43.5 Å². The summed E-state index contributed by atoms with van der Waals surface area (Å²) in [6.45, 7) is 5.80. The predicted octanol–water partition coefficient (Wildman–Crippen LogP) is 3.44. The molecule has 0 saturated carbocycles. The van der Waals surface area contributed by atoms with Crippen LogP contribution in [0.3, 0.4) is 0 Å². The van der Waals surface area contributed by atoms with Crippen LogP contribution in [0.4, 0.5) is 4.79 Å². The van der Waals surface area contributed by atoms with Crippen molar-refractivity contribution in [1.82, 2.24) is 10.6 Å². The summed E-state index contributed by atoms with van der Waals surface area (Å²) in [4.78, 5) is 11.8. The van der Waals surface area contributed by atoms with Crippen molar-refractivity contribution in [2.45, 2.75) is 26.8 Å². The highest BCUT2D eigenvalue weighted by Crippen LogP contribution is 2.11. The Morgan fingerprint density at radius 2 is 1.83 bits per heavy atom. The number of hydrogen-bond donors (Lipinski definition) is 2. The minimum absolute atomic E-state index is 0.147. The molecule has 0 aliphatic carbocycles. The second kappa shape index (κ2) is 8.83. The Morgan fingerprint density at radius 1 is 1.04 bits per heavy atom. The van der Waals surface area contributed by atoms with E-state index in [2.05, 4.69) is 35.8 Å². The van der Waals surface area contributed by atoms with E-state index in [1.165, 1.54) is 11.1 Å². The summed E-state index contributed by atoms with van der Waals surface area (Å²) in [6.07, 6.45) is 0.832. The van der Waals surface area contributed by atoms with Crippen molar-refractivity contribution in [2.24, 2.45) is 0 Å². The normalized spacial score (nSPS) is 10.2. The standard InChI is InChI=1S/C19H24N2O2/c1-3-23-18-9-7-17(8-10-18)14-21-19(22)20-12-11-16-6-4-5-15(2)13-16/h4-10,13H,3,11-12,14H2,1-2H3,(H2,20,21,22). The molecular formula is C19H24N2O2. The largest absolute Gasteiger partial charge is 0.494 e. The van der Waals surface area contributed by atoms with Crippen LogP contribution < -0.4 is 15.4 Å². The minimum atomic E-state index is -0.147. The van der Waals surface area contributed by atoms with Gasteiger partial charge in [0, 0.05) is 13.1 Å². The number of ether oxygens (including phenoxy) is 1. The predicted molar refractivity (Wildman–Crippen MR) is 92.7 cm³/mol. The summed E-state index contributed by atoms with van der Waals surface area (Å²) in [5.74, 6) is 0.846. The number of rotatable bonds is 7. The zero-order valence-electron chi connectivity index (χ0n) is 13.8.